The smallest absolute Gasteiger partial charge is 0.303 e. The van der Waals surface area contributed by atoms with Crippen LogP contribution in [0.5, 0.6) is 5.75 Å². The fourth-order valence-corrected chi connectivity index (χ4v) is 5.06. The molecule has 3 aromatic rings. The second-order valence-corrected chi connectivity index (χ2v) is 8.83. The summed E-state index contributed by atoms with van der Waals surface area (Å²) in [5, 5.41) is 21.9. The number of phenolic OH excluding ortho intramolecular Hbond substituents is 1. The molecule has 0 saturated carbocycles. The zero-order valence-electron chi connectivity index (χ0n) is 18.4. The van der Waals surface area contributed by atoms with Gasteiger partial charge in [-0.2, -0.15) is 0 Å². The Morgan fingerprint density at radius 3 is 2.61 bits per heavy atom. The van der Waals surface area contributed by atoms with E-state index in [4.69, 9.17) is 14.6 Å². The van der Waals surface area contributed by atoms with Gasteiger partial charge in [0.2, 0.25) is 0 Å². The monoisotopic (exact) mass is 444 g/mol. The third-order valence-corrected chi connectivity index (χ3v) is 6.70. The SMILES string of the molecule is O=C(O)CC/C=C\C[C@@H]1CO[C@H](c2ccc3c4c(cccc24)CC3)O[C@@H]1c1ccccc1O. The summed E-state index contributed by atoms with van der Waals surface area (Å²) in [6.45, 7) is 0.482. The largest absolute Gasteiger partial charge is 0.508 e. The first-order valence-electron chi connectivity index (χ1n) is 11.6. The molecule has 170 valence electrons. The summed E-state index contributed by atoms with van der Waals surface area (Å²) in [5.74, 6) is -0.583. The van der Waals surface area contributed by atoms with Crippen molar-refractivity contribution in [2.24, 2.45) is 5.92 Å². The Morgan fingerprint density at radius 2 is 1.79 bits per heavy atom. The van der Waals surface area contributed by atoms with Gasteiger partial charge in [-0.3, -0.25) is 4.79 Å². The van der Waals surface area contributed by atoms with Gasteiger partial charge in [0.1, 0.15) is 5.75 Å². The molecule has 1 aliphatic carbocycles. The van der Waals surface area contributed by atoms with Crippen molar-refractivity contribution in [2.75, 3.05) is 6.61 Å². The molecule has 2 aliphatic rings. The number of aromatic hydroxyl groups is 1. The van der Waals surface area contributed by atoms with E-state index in [1.54, 1.807) is 12.1 Å². The predicted molar refractivity (Wildman–Crippen MR) is 126 cm³/mol. The molecule has 1 saturated heterocycles. The molecule has 0 spiro atoms. The van der Waals surface area contributed by atoms with E-state index < -0.39 is 12.3 Å². The minimum Gasteiger partial charge on any atom is -0.508 e. The lowest BCUT2D eigenvalue weighted by Gasteiger charge is -2.37. The third kappa shape index (κ3) is 4.39. The molecule has 3 atom stereocenters. The summed E-state index contributed by atoms with van der Waals surface area (Å²) in [5.41, 5.74) is 4.53. The van der Waals surface area contributed by atoms with Crippen LogP contribution in [0.15, 0.2) is 66.7 Å². The number of carboxylic acid groups (broad SMARTS) is 1. The van der Waals surface area contributed by atoms with E-state index in [-0.39, 0.29) is 24.2 Å². The first-order chi connectivity index (χ1) is 16.1. The lowest BCUT2D eigenvalue weighted by atomic mass is 9.91. The summed E-state index contributed by atoms with van der Waals surface area (Å²) in [6.07, 6.45) is 6.45. The number of benzene rings is 3. The van der Waals surface area contributed by atoms with E-state index in [2.05, 4.69) is 30.3 Å². The molecule has 0 amide bonds. The van der Waals surface area contributed by atoms with Crippen molar-refractivity contribution in [3.8, 4) is 5.75 Å². The van der Waals surface area contributed by atoms with Gasteiger partial charge in [0.25, 0.3) is 0 Å². The second kappa shape index (κ2) is 9.38. The van der Waals surface area contributed by atoms with Crippen LogP contribution in [0.25, 0.3) is 10.8 Å². The van der Waals surface area contributed by atoms with Crippen LogP contribution in [-0.2, 0) is 27.1 Å². The average Bonchev–Trinajstić information content (AvgIpc) is 3.24. The van der Waals surface area contributed by atoms with Crippen LogP contribution in [0.3, 0.4) is 0 Å². The standard InChI is InChI=1S/C28H28O5/c29-24-11-5-4-9-23(24)27-20(7-2-1-3-12-25(30)31)17-32-28(33-27)22-16-15-19-14-13-18-8-6-10-21(22)26(18)19/h1-2,4-6,8-11,15-16,20,27-29H,3,7,12-14,17H2,(H,30,31)/b2-1-/t20-,27+,28+/m1/s1. The van der Waals surface area contributed by atoms with Crippen molar-refractivity contribution in [1.82, 2.24) is 0 Å². The number of rotatable bonds is 7. The third-order valence-electron chi connectivity index (χ3n) is 6.70. The topological polar surface area (TPSA) is 76.0 Å². The van der Waals surface area contributed by atoms with Crippen molar-refractivity contribution in [3.05, 3.63) is 89.0 Å². The molecule has 1 aliphatic heterocycles. The Balaban J connectivity index is 1.42. The minimum absolute atomic E-state index is 0.00686. The summed E-state index contributed by atoms with van der Waals surface area (Å²) < 4.78 is 12.8. The molecule has 3 aromatic carbocycles. The lowest BCUT2D eigenvalue weighted by Crippen LogP contribution is -2.30. The van der Waals surface area contributed by atoms with Crippen molar-refractivity contribution < 1.29 is 24.5 Å². The summed E-state index contributed by atoms with van der Waals surface area (Å²) in [6, 6.07) is 18.0. The number of hydrogen-bond donors (Lipinski definition) is 2. The maximum absolute atomic E-state index is 10.7. The highest BCUT2D eigenvalue weighted by molar-refractivity contribution is 5.93. The molecule has 5 heteroatoms. The van der Waals surface area contributed by atoms with Crippen LogP contribution in [0.2, 0.25) is 0 Å². The van der Waals surface area contributed by atoms with Gasteiger partial charge in [-0.05, 0) is 53.6 Å². The Labute approximate surface area is 193 Å². The summed E-state index contributed by atoms with van der Waals surface area (Å²) >= 11 is 0. The molecule has 33 heavy (non-hydrogen) atoms. The van der Waals surface area contributed by atoms with Gasteiger partial charge < -0.3 is 19.7 Å². The number of aliphatic carboxylic acids is 1. The van der Waals surface area contributed by atoms with Crippen LogP contribution >= 0.6 is 0 Å². The number of phenols is 1. The summed E-state index contributed by atoms with van der Waals surface area (Å²) in [7, 11) is 0. The van der Waals surface area contributed by atoms with Gasteiger partial charge in [-0.1, -0.05) is 60.7 Å². The van der Waals surface area contributed by atoms with Crippen molar-refractivity contribution >= 4 is 16.7 Å². The van der Waals surface area contributed by atoms with Gasteiger partial charge in [-0.15, -0.1) is 0 Å². The van der Waals surface area contributed by atoms with E-state index in [0.29, 0.717) is 19.4 Å². The van der Waals surface area contributed by atoms with E-state index in [1.165, 1.54) is 21.9 Å². The van der Waals surface area contributed by atoms with Crippen LogP contribution in [0.1, 0.15) is 53.9 Å². The summed E-state index contributed by atoms with van der Waals surface area (Å²) in [4.78, 5) is 10.7. The van der Waals surface area contributed by atoms with Gasteiger partial charge in [0.15, 0.2) is 6.29 Å². The van der Waals surface area contributed by atoms with Crippen molar-refractivity contribution in [3.63, 3.8) is 0 Å². The highest BCUT2D eigenvalue weighted by Crippen LogP contribution is 2.45. The number of carboxylic acids is 1. The van der Waals surface area contributed by atoms with Crippen LogP contribution in [0.4, 0.5) is 0 Å². The number of para-hydroxylation sites is 1. The maximum Gasteiger partial charge on any atom is 0.303 e. The zero-order chi connectivity index (χ0) is 22.8. The van der Waals surface area contributed by atoms with Crippen LogP contribution in [-0.4, -0.2) is 22.8 Å². The Bertz CT molecular complexity index is 1190. The van der Waals surface area contributed by atoms with Gasteiger partial charge in [-0.25, -0.2) is 0 Å². The molecule has 1 fully saturated rings. The highest BCUT2D eigenvalue weighted by Gasteiger charge is 2.35. The maximum atomic E-state index is 10.7. The quantitative estimate of drug-likeness (QED) is 0.447. The Morgan fingerprint density at radius 1 is 0.970 bits per heavy atom. The predicted octanol–water partition coefficient (Wildman–Crippen LogP) is 5.86. The molecule has 0 unspecified atom stereocenters. The van der Waals surface area contributed by atoms with Crippen LogP contribution < -0.4 is 0 Å². The van der Waals surface area contributed by atoms with Gasteiger partial charge in [0.05, 0.1) is 12.7 Å². The number of carbonyl (C=O) groups is 1. The number of ether oxygens (including phenoxy) is 2. The fourth-order valence-electron chi connectivity index (χ4n) is 5.06. The normalized spacial score (nSPS) is 22.2. The van der Waals surface area contributed by atoms with Gasteiger partial charge in [0, 0.05) is 23.5 Å². The molecule has 1 heterocycles. The first-order valence-corrected chi connectivity index (χ1v) is 11.6. The zero-order valence-corrected chi connectivity index (χ0v) is 18.4. The molecule has 2 N–H and O–H groups in total. The van der Waals surface area contributed by atoms with Gasteiger partial charge >= 0.3 is 5.97 Å². The molecule has 0 radical (unpaired) electrons. The minimum atomic E-state index is -0.802. The lowest BCUT2D eigenvalue weighted by molar-refractivity contribution is -0.243. The van der Waals surface area contributed by atoms with E-state index in [1.807, 2.05) is 24.3 Å². The molecular formula is C28H28O5. The average molecular weight is 445 g/mol. The van der Waals surface area contributed by atoms with E-state index in [9.17, 15) is 9.90 Å². The highest BCUT2D eigenvalue weighted by atomic mass is 16.7. The van der Waals surface area contributed by atoms with E-state index in [0.717, 1.165) is 24.0 Å². The van der Waals surface area contributed by atoms with Crippen molar-refractivity contribution in [2.45, 2.75) is 44.5 Å². The molecule has 0 bridgehead atoms. The fraction of sp³-hybridized carbons (Fsp3) is 0.321. The molecular weight excluding hydrogens is 416 g/mol. The van der Waals surface area contributed by atoms with Crippen molar-refractivity contribution in [1.29, 1.82) is 0 Å². The van der Waals surface area contributed by atoms with Crippen LogP contribution in [0, 0.1) is 5.92 Å². The Hall–Kier alpha value is -3.15. The second-order valence-electron chi connectivity index (χ2n) is 8.83. The molecule has 5 nitrogen and oxygen atoms in total. The van der Waals surface area contributed by atoms with E-state index >= 15 is 0 Å². The Kier molecular flexibility index (Phi) is 6.16. The molecule has 0 aromatic heterocycles. The number of hydrogen-bond acceptors (Lipinski definition) is 4. The number of allylic oxidation sites excluding steroid dienone is 2. The number of aryl methyl sites for hydroxylation is 2. The molecule has 5 rings (SSSR count). The first kappa shape index (κ1) is 21.7.